The molecule has 3 nitrogen and oxygen atoms in total. The topological polar surface area (TPSA) is 55.1 Å². The van der Waals surface area contributed by atoms with E-state index in [9.17, 15) is 4.79 Å². The lowest BCUT2D eigenvalue weighted by atomic mass is 9.87. The third-order valence-corrected chi connectivity index (χ3v) is 4.13. The van der Waals surface area contributed by atoms with E-state index >= 15 is 0 Å². The van der Waals surface area contributed by atoms with Gasteiger partial charge in [0.2, 0.25) is 5.91 Å². The number of halogens is 1. The third-order valence-electron chi connectivity index (χ3n) is 4.13. The number of carbonyl (C=O) groups excluding carboxylic acids is 1. The summed E-state index contributed by atoms with van der Waals surface area (Å²) >= 11 is 0. The van der Waals surface area contributed by atoms with Gasteiger partial charge in [-0.2, -0.15) is 0 Å². The van der Waals surface area contributed by atoms with Gasteiger partial charge in [0.15, 0.2) is 0 Å². The summed E-state index contributed by atoms with van der Waals surface area (Å²) in [5.41, 5.74) is 8.48. The van der Waals surface area contributed by atoms with Crippen molar-refractivity contribution in [2.75, 3.05) is 0 Å². The zero-order chi connectivity index (χ0) is 14.8. The van der Waals surface area contributed by atoms with Crippen LogP contribution in [0, 0.1) is 5.92 Å². The predicted molar refractivity (Wildman–Crippen MR) is 89.6 cm³/mol. The van der Waals surface area contributed by atoms with Crippen LogP contribution in [0.25, 0.3) is 0 Å². The Hall–Kier alpha value is -1.06. The minimum atomic E-state index is 0. The molecule has 0 aliphatic heterocycles. The van der Waals surface area contributed by atoms with Crippen molar-refractivity contribution >= 4 is 18.3 Å². The van der Waals surface area contributed by atoms with Crippen molar-refractivity contribution in [3.8, 4) is 0 Å². The number of hydrogen-bond donors (Lipinski definition) is 2. The van der Waals surface area contributed by atoms with Gasteiger partial charge in [0.25, 0.3) is 0 Å². The predicted octanol–water partition coefficient (Wildman–Crippen LogP) is 3.15. The highest BCUT2D eigenvalue weighted by atomic mass is 35.5. The van der Waals surface area contributed by atoms with Crippen LogP contribution in [0.2, 0.25) is 0 Å². The molecular weight excluding hydrogens is 284 g/mol. The van der Waals surface area contributed by atoms with Crippen LogP contribution in [0.5, 0.6) is 0 Å². The standard InChI is InChI=1S/C17H26N2O.ClH/c1-17(2,3)14-7-4-12(5-8-14)11-19-16(20)13-6-9-15(18)10-13;/h4-5,7-8,13,15H,6,9-11,18H2,1-3H3,(H,19,20);1H. The molecule has 1 aliphatic rings. The van der Waals surface area contributed by atoms with E-state index < -0.39 is 0 Å². The molecule has 3 N–H and O–H groups in total. The third kappa shape index (κ3) is 5.01. The molecule has 4 heteroatoms. The molecule has 2 atom stereocenters. The van der Waals surface area contributed by atoms with Gasteiger partial charge < -0.3 is 11.1 Å². The van der Waals surface area contributed by atoms with E-state index in [-0.39, 0.29) is 35.7 Å². The Bertz CT molecular complexity index is 465. The summed E-state index contributed by atoms with van der Waals surface area (Å²) in [6.45, 7) is 7.21. The quantitative estimate of drug-likeness (QED) is 0.901. The van der Waals surface area contributed by atoms with Gasteiger partial charge in [0.1, 0.15) is 0 Å². The number of amides is 1. The Morgan fingerprint density at radius 3 is 2.33 bits per heavy atom. The maximum Gasteiger partial charge on any atom is 0.223 e. The molecule has 2 unspecified atom stereocenters. The van der Waals surface area contributed by atoms with Gasteiger partial charge in [0.05, 0.1) is 0 Å². The SMILES string of the molecule is CC(C)(C)c1ccc(CNC(=O)C2CCC(N)C2)cc1.Cl. The second-order valence-corrected chi connectivity index (χ2v) is 6.93. The molecule has 2 rings (SSSR count). The van der Waals surface area contributed by atoms with Crippen LogP contribution in [-0.4, -0.2) is 11.9 Å². The second kappa shape index (κ2) is 7.28. The summed E-state index contributed by atoms with van der Waals surface area (Å²) in [7, 11) is 0. The molecule has 1 amide bonds. The molecule has 0 spiro atoms. The van der Waals surface area contributed by atoms with Crippen LogP contribution in [0.15, 0.2) is 24.3 Å². The van der Waals surface area contributed by atoms with Crippen LogP contribution in [0.1, 0.15) is 51.2 Å². The van der Waals surface area contributed by atoms with Gasteiger partial charge in [-0.1, -0.05) is 45.0 Å². The first-order chi connectivity index (χ1) is 9.36. The molecule has 0 heterocycles. The lowest BCUT2D eigenvalue weighted by Crippen LogP contribution is -2.30. The van der Waals surface area contributed by atoms with Gasteiger partial charge in [0, 0.05) is 18.5 Å². The highest BCUT2D eigenvalue weighted by Gasteiger charge is 2.27. The molecule has 1 saturated carbocycles. The number of hydrogen-bond acceptors (Lipinski definition) is 2. The highest BCUT2D eigenvalue weighted by molar-refractivity contribution is 5.85. The monoisotopic (exact) mass is 310 g/mol. The molecule has 1 aliphatic carbocycles. The molecule has 1 aromatic rings. The first-order valence-electron chi connectivity index (χ1n) is 7.49. The van der Waals surface area contributed by atoms with Crippen LogP contribution in [-0.2, 0) is 16.8 Å². The first-order valence-corrected chi connectivity index (χ1v) is 7.49. The van der Waals surface area contributed by atoms with Gasteiger partial charge in [-0.05, 0) is 35.8 Å². The van der Waals surface area contributed by atoms with Crippen LogP contribution >= 0.6 is 12.4 Å². The zero-order valence-electron chi connectivity index (χ0n) is 13.2. The summed E-state index contributed by atoms with van der Waals surface area (Å²) in [5, 5.41) is 3.03. The summed E-state index contributed by atoms with van der Waals surface area (Å²) in [5.74, 6) is 0.261. The smallest absolute Gasteiger partial charge is 0.223 e. The van der Waals surface area contributed by atoms with Crippen molar-refractivity contribution in [1.82, 2.24) is 5.32 Å². The Morgan fingerprint density at radius 1 is 1.24 bits per heavy atom. The Morgan fingerprint density at radius 2 is 1.86 bits per heavy atom. The van der Waals surface area contributed by atoms with E-state index in [0.717, 1.165) is 24.8 Å². The van der Waals surface area contributed by atoms with E-state index in [1.54, 1.807) is 0 Å². The van der Waals surface area contributed by atoms with Crippen molar-refractivity contribution in [3.63, 3.8) is 0 Å². The minimum Gasteiger partial charge on any atom is -0.352 e. The van der Waals surface area contributed by atoms with Crippen molar-refractivity contribution in [3.05, 3.63) is 35.4 Å². The summed E-state index contributed by atoms with van der Waals surface area (Å²) in [4.78, 5) is 12.0. The van der Waals surface area contributed by atoms with Crippen molar-refractivity contribution < 1.29 is 4.79 Å². The van der Waals surface area contributed by atoms with Gasteiger partial charge >= 0.3 is 0 Å². The minimum absolute atomic E-state index is 0. The summed E-state index contributed by atoms with van der Waals surface area (Å²) < 4.78 is 0. The van der Waals surface area contributed by atoms with E-state index in [1.165, 1.54) is 5.56 Å². The lowest BCUT2D eigenvalue weighted by Gasteiger charge is -2.19. The van der Waals surface area contributed by atoms with Gasteiger partial charge in [-0.25, -0.2) is 0 Å². The van der Waals surface area contributed by atoms with Gasteiger partial charge in [-0.3, -0.25) is 4.79 Å². The molecule has 0 aromatic heterocycles. The van der Waals surface area contributed by atoms with Gasteiger partial charge in [-0.15, -0.1) is 12.4 Å². The van der Waals surface area contributed by atoms with Crippen molar-refractivity contribution in [2.24, 2.45) is 11.7 Å². The van der Waals surface area contributed by atoms with E-state index in [4.69, 9.17) is 5.73 Å². The number of benzene rings is 1. The molecule has 21 heavy (non-hydrogen) atoms. The molecule has 118 valence electrons. The fraction of sp³-hybridized carbons (Fsp3) is 0.588. The molecular formula is C17H27ClN2O. The largest absolute Gasteiger partial charge is 0.352 e. The van der Waals surface area contributed by atoms with E-state index in [1.807, 2.05) is 0 Å². The molecule has 0 radical (unpaired) electrons. The Kier molecular flexibility index (Phi) is 6.24. The molecule has 1 fully saturated rings. The maximum atomic E-state index is 12.0. The second-order valence-electron chi connectivity index (χ2n) is 6.93. The van der Waals surface area contributed by atoms with Crippen LogP contribution in [0.4, 0.5) is 0 Å². The fourth-order valence-electron chi connectivity index (χ4n) is 2.71. The number of nitrogens with one attached hydrogen (secondary N) is 1. The average Bonchev–Trinajstić information content (AvgIpc) is 2.82. The Balaban J connectivity index is 0.00000220. The summed E-state index contributed by atoms with van der Waals surface area (Å²) in [6.07, 6.45) is 2.73. The molecule has 0 saturated heterocycles. The van der Waals surface area contributed by atoms with E-state index in [0.29, 0.717) is 6.54 Å². The molecule has 0 bridgehead atoms. The summed E-state index contributed by atoms with van der Waals surface area (Å²) in [6, 6.07) is 8.69. The normalized spacial score (nSPS) is 21.7. The number of carbonyl (C=O) groups is 1. The molecule has 1 aromatic carbocycles. The van der Waals surface area contributed by atoms with Crippen molar-refractivity contribution in [2.45, 2.75) is 58.0 Å². The number of nitrogens with two attached hydrogens (primary N) is 1. The number of rotatable bonds is 3. The van der Waals surface area contributed by atoms with Crippen molar-refractivity contribution in [1.29, 1.82) is 0 Å². The van der Waals surface area contributed by atoms with Crippen LogP contribution < -0.4 is 11.1 Å². The average molecular weight is 311 g/mol. The highest BCUT2D eigenvalue weighted by Crippen LogP contribution is 2.24. The van der Waals surface area contributed by atoms with Crippen LogP contribution in [0.3, 0.4) is 0 Å². The first kappa shape index (κ1) is 18.0. The lowest BCUT2D eigenvalue weighted by molar-refractivity contribution is -0.125. The van der Waals surface area contributed by atoms with E-state index in [2.05, 4.69) is 50.4 Å². The Labute approximate surface area is 134 Å². The zero-order valence-corrected chi connectivity index (χ0v) is 14.0. The maximum absolute atomic E-state index is 12.0. The fourth-order valence-corrected chi connectivity index (χ4v) is 2.71.